The standard InChI is InChI=1S/C17H22N2O3S/c1-10-6-4-5-7-17(10)15(21)19(16(22)18-17)9-14(20)13-8-11(2)23-12(13)3/h8,10H,4-7,9H2,1-3H3,(H,18,22)/t10-,17-/m0/s1. The maximum atomic E-state index is 12.9. The van der Waals surface area contributed by atoms with Crippen molar-refractivity contribution in [1.82, 2.24) is 10.2 Å². The topological polar surface area (TPSA) is 66.5 Å². The van der Waals surface area contributed by atoms with Crippen LogP contribution in [0, 0.1) is 19.8 Å². The summed E-state index contributed by atoms with van der Waals surface area (Å²) >= 11 is 1.55. The summed E-state index contributed by atoms with van der Waals surface area (Å²) in [4.78, 5) is 40.8. The Labute approximate surface area is 140 Å². The first-order valence-electron chi connectivity index (χ1n) is 8.09. The molecule has 0 bridgehead atoms. The Hall–Kier alpha value is -1.69. The zero-order valence-corrected chi connectivity index (χ0v) is 14.6. The van der Waals surface area contributed by atoms with Crippen LogP contribution in [0.5, 0.6) is 0 Å². The van der Waals surface area contributed by atoms with Crippen molar-refractivity contribution in [3.05, 3.63) is 21.4 Å². The van der Waals surface area contributed by atoms with E-state index in [-0.39, 0.29) is 24.2 Å². The van der Waals surface area contributed by atoms with Crippen LogP contribution in [0.4, 0.5) is 4.79 Å². The van der Waals surface area contributed by atoms with Gasteiger partial charge in [0.2, 0.25) is 0 Å². The third kappa shape index (κ3) is 2.59. The summed E-state index contributed by atoms with van der Waals surface area (Å²) in [6.45, 7) is 5.67. The van der Waals surface area contributed by atoms with Crippen molar-refractivity contribution >= 4 is 29.1 Å². The summed E-state index contributed by atoms with van der Waals surface area (Å²) in [5.41, 5.74) is -0.180. The fourth-order valence-electron chi connectivity index (χ4n) is 3.78. The number of thiophene rings is 1. The van der Waals surface area contributed by atoms with Gasteiger partial charge in [-0.3, -0.25) is 14.5 Å². The van der Waals surface area contributed by atoms with Crippen molar-refractivity contribution in [2.75, 3.05) is 6.54 Å². The Morgan fingerprint density at radius 2 is 2.13 bits per heavy atom. The summed E-state index contributed by atoms with van der Waals surface area (Å²) in [5.74, 6) is -0.290. The third-order valence-corrected chi connectivity index (χ3v) is 6.11. The van der Waals surface area contributed by atoms with E-state index in [1.54, 1.807) is 11.3 Å². The molecule has 6 heteroatoms. The highest BCUT2D eigenvalue weighted by atomic mass is 32.1. The molecular weight excluding hydrogens is 312 g/mol. The molecule has 2 aliphatic rings. The molecule has 1 aliphatic carbocycles. The van der Waals surface area contributed by atoms with Gasteiger partial charge in [0.25, 0.3) is 5.91 Å². The molecule has 2 heterocycles. The Kier molecular flexibility index (Phi) is 4.04. The number of ketones is 1. The molecule has 5 nitrogen and oxygen atoms in total. The van der Waals surface area contributed by atoms with Gasteiger partial charge < -0.3 is 5.32 Å². The number of carbonyl (C=O) groups is 3. The van der Waals surface area contributed by atoms with Crippen LogP contribution in [-0.4, -0.2) is 34.7 Å². The fourth-order valence-corrected chi connectivity index (χ4v) is 4.72. The quantitative estimate of drug-likeness (QED) is 0.682. The first kappa shape index (κ1) is 16.2. The second kappa shape index (κ2) is 5.74. The van der Waals surface area contributed by atoms with Crippen molar-refractivity contribution in [2.45, 2.75) is 52.0 Å². The minimum absolute atomic E-state index is 0.109. The predicted octanol–water partition coefficient (Wildman–Crippen LogP) is 3.05. The van der Waals surface area contributed by atoms with Gasteiger partial charge in [-0.2, -0.15) is 0 Å². The molecule has 1 aromatic rings. The lowest BCUT2D eigenvalue weighted by molar-refractivity contribution is -0.133. The van der Waals surface area contributed by atoms with Crippen LogP contribution in [0.2, 0.25) is 0 Å². The van der Waals surface area contributed by atoms with Crippen LogP contribution in [0.25, 0.3) is 0 Å². The SMILES string of the molecule is Cc1cc(C(=O)CN2C(=O)N[C@]3(CCCC[C@@H]3C)C2=O)c(C)s1. The predicted molar refractivity (Wildman–Crippen MR) is 88.7 cm³/mol. The zero-order valence-electron chi connectivity index (χ0n) is 13.8. The highest BCUT2D eigenvalue weighted by Crippen LogP contribution is 2.38. The van der Waals surface area contributed by atoms with Crippen LogP contribution >= 0.6 is 11.3 Å². The molecule has 3 rings (SSSR count). The number of carbonyl (C=O) groups excluding carboxylic acids is 3. The van der Waals surface area contributed by atoms with Gasteiger partial charge in [0, 0.05) is 15.3 Å². The van der Waals surface area contributed by atoms with E-state index in [1.807, 2.05) is 26.8 Å². The second-order valence-electron chi connectivity index (χ2n) is 6.69. The molecule has 1 aliphatic heterocycles. The number of imide groups is 1. The number of hydrogen-bond donors (Lipinski definition) is 1. The van der Waals surface area contributed by atoms with Gasteiger partial charge in [0.05, 0.1) is 6.54 Å². The molecule has 0 radical (unpaired) electrons. The molecule has 1 saturated heterocycles. The summed E-state index contributed by atoms with van der Waals surface area (Å²) in [7, 11) is 0. The number of aryl methyl sites for hydroxylation is 2. The van der Waals surface area contributed by atoms with E-state index >= 15 is 0 Å². The Balaban J connectivity index is 1.81. The molecule has 3 amide bonds. The Bertz CT molecular complexity index is 681. The normalized spacial score (nSPS) is 27.6. The van der Waals surface area contributed by atoms with Gasteiger partial charge in [-0.1, -0.05) is 19.8 Å². The van der Waals surface area contributed by atoms with Gasteiger partial charge in [-0.05, 0) is 38.7 Å². The van der Waals surface area contributed by atoms with Gasteiger partial charge in [-0.25, -0.2) is 4.79 Å². The highest BCUT2D eigenvalue weighted by molar-refractivity contribution is 7.12. The van der Waals surface area contributed by atoms with E-state index in [1.165, 1.54) is 0 Å². The van der Waals surface area contributed by atoms with Crippen LogP contribution in [-0.2, 0) is 4.79 Å². The maximum Gasteiger partial charge on any atom is 0.325 e. The summed E-state index contributed by atoms with van der Waals surface area (Å²) in [6.07, 6.45) is 3.61. The van der Waals surface area contributed by atoms with E-state index in [0.29, 0.717) is 12.0 Å². The lowest BCUT2D eigenvalue weighted by Crippen LogP contribution is -2.54. The molecule has 1 spiro atoms. The van der Waals surface area contributed by atoms with Gasteiger partial charge in [0.15, 0.2) is 5.78 Å². The Morgan fingerprint density at radius 1 is 1.39 bits per heavy atom. The van der Waals surface area contributed by atoms with Crippen LogP contribution < -0.4 is 5.32 Å². The van der Waals surface area contributed by atoms with E-state index < -0.39 is 11.6 Å². The number of rotatable bonds is 3. The van der Waals surface area contributed by atoms with Crippen molar-refractivity contribution < 1.29 is 14.4 Å². The summed E-state index contributed by atoms with van der Waals surface area (Å²) in [5, 5.41) is 2.88. The number of Topliss-reactive ketones (excluding diaryl/α,β-unsaturated/α-hetero) is 1. The summed E-state index contributed by atoms with van der Waals surface area (Å²) < 4.78 is 0. The van der Waals surface area contributed by atoms with Gasteiger partial charge >= 0.3 is 6.03 Å². The molecule has 2 atom stereocenters. The average molecular weight is 334 g/mol. The molecule has 0 aromatic carbocycles. The summed E-state index contributed by atoms with van der Waals surface area (Å²) in [6, 6.07) is 1.40. The van der Waals surface area contributed by atoms with Gasteiger partial charge in [-0.15, -0.1) is 11.3 Å². The molecule has 0 unspecified atom stereocenters. The number of urea groups is 1. The van der Waals surface area contributed by atoms with Crippen molar-refractivity contribution in [1.29, 1.82) is 0 Å². The fraction of sp³-hybridized carbons (Fsp3) is 0.588. The van der Waals surface area contributed by atoms with Gasteiger partial charge in [0.1, 0.15) is 5.54 Å². The average Bonchev–Trinajstić information content (AvgIpc) is 2.95. The van der Waals surface area contributed by atoms with Crippen molar-refractivity contribution in [2.24, 2.45) is 5.92 Å². The number of nitrogens with zero attached hydrogens (tertiary/aromatic N) is 1. The van der Waals surface area contributed by atoms with Crippen molar-refractivity contribution in [3.63, 3.8) is 0 Å². The largest absolute Gasteiger partial charge is 0.325 e. The van der Waals surface area contributed by atoms with Crippen molar-refractivity contribution in [3.8, 4) is 0 Å². The minimum atomic E-state index is -0.796. The number of nitrogens with one attached hydrogen (secondary N) is 1. The van der Waals surface area contributed by atoms with Crippen LogP contribution in [0.3, 0.4) is 0 Å². The van der Waals surface area contributed by atoms with Crippen LogP contribution in [0.1, 0.15) is 52.7 Å². The molecule has 1 saturated carbocycles. The highest BCUT2D eigenvalue weighted by Gasteiger charge is 2.55. The van der Waals surface area contributed by atoms with E-state index in [4.69, 9.17) is 0 Å². The third-order valence-electron chi connectivity index (χ3n) is 5.14. The number of hydrogen-bond acceptors (Lipinski definition) is 4. The molecule has 1 aromatic heterocycles. The first-order valence-corrected chi connectivity index (χ1v) is 8.91. The van der Waals surface area contributed by atoms with E-state index in [0.717, 1.165) is 33.9 Å². The lowest BCUT2D eigenvalue weighted by Gasteiger charge is -2.36. The maximum absolute atomic E-state index is 12.9. The minimum Gasteiger partial charge on any atom is -0.323 e. The van der Waals surface area contributed by atoms with Crippen LogP contribution in [0.15, 0.2) is 6.07 Å². The number of amides is 3. The zero-order chi connectivity index (χ0) is 16.8. The molecule has 23 heavy (non-hydrogen) atoms. The molecule has 1 N–H and O–H groups in total. The van der Waals surface area contributed by atoms with E-state index in [2.05, 4.69) is 5.32 Å². The monoisotopic (exact) mass is 334 g/mol. The molecule has 124 valence electrons. The lowest BCUT2D eigenvalue weighted by atomic mass is 9.73. The first-order chi connectivity index (χ1) is 10.8. The molecular formula is C17H22N2O3S. The van der Waals surface area contributed by atoms with E-state index in [9.17, 15) is 14.4 Å². The second-order valence-corrected chi connectivity index (χ2v) is 8.15. The Morgan fingerprint density at radius 3 is 2.74 bits per heavy atom. The smallest absolute Gasteiger partial charge is 0.323 e. The molecule has 2 fully saturated rings.